The molecule has 3 nitrogen and oxygen atoms in total. The molecule has 2 aromatic carbocycles. The van der Waals surface area contributed by atoms with Gasteiger partial charge in [0.2, 0.25) is 0 Å². The first kappa shape index (κ1) is 18.7. The first-order chi connectivity index (χ1) is 11.3. The van der Waals surface area contributed by atoms with E-state index in [9.17, 15) is 18.0 Å². The van der Waals surface area contributed by atoms with Gasteiger partial charge in [-0.2, -0.15) is 0 Å². The van der Waals surface area contributed by atoms with E-state index in [1.807, 2.05) is 0 Å². The third-order valence-electron chi connectivity index (χ3n) is 3.03. The molecule has 0 saturated carbocycles. The highest BCUT2D eigenvalue weighted by molar-refractivity contribution is 6.40. The highest BCUT2D eigenvalue weighted by Crippen LogP contribution is 2.41. The van der Waals surface area contributed by atoms with Gasteiger partial charge in [0.15, 0.2) is 17.4 Å². The van der Waals surface area contributed by atoms with Gasteiger partial charge in [-0.1, -0.05) is 46.9 Å². The normalized spacial score (nSPS) is 10.6. The monoisotopic (exact) mass is 398 g/mol. The third kappa shape index (κ3) is 3.41. The molecule has 0 unspecified atom stereocenters. The van der Waals surface area contributed by atoms with Crippen LogP contribution in [0.1, 0.15) is 15.9 Å². The van der Waals surface area contributed by atoms with Crippen LogP contribution in [0.5, 0.6) is 5.75 Å². The van der Waals surface area contributed by atoms with Gasteiger partial charge in [-0.05, 0) is 6.07 Å². The predicted octanol–water partition coefficient (Wildman–Crippen LogP) is 5.43. The molecule has 0 atom stereocenters. The SMILES string of the molecule is COC(=O)c1cccc(COc2c(Cl)c(F)c(Cl)c(F)c2Cl)c1F. The van der Waals surface area contributed by atoms with Crippen LogP contribution in [0.4, 0.5) is 13.2 Å². The number of hydrogen-bond donors (Lipinski definition) is 0. The summed E-state index contributed by atoms with van der Waals surface area (Å²) < 4.78 is 51.1. The zero-order chi connectivity index (χ0) is 18.0. The minimum absolute atomic E-state index is 0.0687. The number of hydrogen-bond acceptors (Lipinski definition) is 3. The molecule has 0 aromatic heterocycles. The van der Waals surface area contributed by atoms with Crippen molar-refractivity contribution in [2.45, 2.75) is 6.61 Å². The van der Waals surface area contributed by atoms with Gasteiger partial charge in [0.1, 0.15) is 27.5 Å². The second-order valence-corrected chi connectivity index (χ2v) is 5.59. The minimum Gasteiger partial charge on any atom is -0.485 e. The summed E-state index contributed by atoms with van der Waals surface area (Å²) in [6.07, 6.45) is 0. The molecule has 128 valence electrons. The Morgan fingerprint density at radius 3 is 2.12 bits per heavy atom. The maximum Gasteiger partial charge on any atom is 0.340 e. The molecule has 0 aliphatic rings. The number of carbonyl (C=O) groups excluding carboxylic acids is 1. The van der Waals surface area contributed by atoms with Gasteiger partial charge in [-0.3, -0.25) is 0 Å². The fraction of sp³-hybridized carbons (Fsp3) is 0.133. The van der Waals surface area contributed by atoms with Crippen molar-refractivity contribution in [1.82, 2.24) is 0 Å². The molecule has 0 bridgehead atoms. The summed E-state index contributed by atoms with van der Waals surface area (Å²) in [6.45, 7) is -0.489. The summed E-state index contributed by atoms with van der Waals surface area (Å²) in [5, 5.41) is -2.16. The van der Waals surface area contributed by atoms with Crippen LogP contribution in [0.15, 0.2) is 18.2 Å². The molecular formula is C15H8Cl3F3O3. The van der Waals surface area contributed by atoms with Crippen molar-refractivity contribution in [3.05, 3.63) is 61.8 Å². The molecule has 0 heterocycles. The smallest absolute Gasteiger partial charge is 0.340 e. The maximum atomic E-state index is 14.2. The Bertz CT molecular complexity index is 783. The largest absolute Gasteiger partial charge is 0.485 e. The molecular weight excluding hydrogens is 392 g/mol. The van der Waals surface area contributed by atoms with E-state index in [0.29, 0.717) is 0 Å². The van der Waals surface area contributed by atoms with Gasteiger partial charge >= 0.3 is 5.97 Å². The fourth-order valence-corrected chi connectivity index (χ4v) is 2.64. The Hall–Kier alpha value is -1.63. The average Bonchev–Trinajstić information content (AvgIpc) is 2.58. The van der Waals surface area contributed by atoms with Crippen LogP contribution in [0.2, 0.25) is 15.1 Å². The van der Waals surface area contributed by atoms with Gasteiger partial charge in [0.25, 0.3) is 0 Å². The summed E-state index contributed by atoms with van der Waals surface area (Å²) >= 11 is 16.8. The molecule has 0 spiro atoms. The van der Waals surface area contributed by atoms with Crippen LogP contribution in [-0.4, -0.2) is 13.1 Å². The lowest BCUT2D eigenvalue weighted by Crippen LogP contribution is -2.08. The Morgan fingerprint density at radius 1 is 1.00 bits per heavy atom. The standard InChI is InChI=1S/C15H8Cl3F3O3/c1-23-15(22)7-4-2-3-6(11(7)19)5-24-14-9(17)12(20)8(16)13(21)10(14)18/h2-4H,5H2,1H3. The van der Waals surface area contributed by atoms with Crippen molar-refractivity contribution < 1.29 is 27.4 Å². The Balaban J connectivity index is 2.35. The lowest BCUT2D eigenvalue weighted by molar-refractivity contribution is 0.0595. The topological polar surface area (TPSA) is 35.5 Å². The second-order valence-electron chi connectivity index (χ2n) is 4.46. The maximum absolute atomic E-state index is 14.2. The summed E-state index contributed by atoms with van der Waals surface area (Å²) in [5.41, 5.74) is -0.384. The Labute approximate surface area is 149 Å². The zero-order valence-corrected chi connectivity index (χ0v) is 14.2. The molecule has 0 fully saturated rings. The van der Waals surface area contributed by atoms with Crippen molar-refractivity contribution in [2.75, 3.05) is 7.11 Å². The third-order valence-corrected chi connectivity index (χ3v) is 4.03. The number of benzene rings is 2. The number of ether oxygens (including phenoxy) is 2. The van der Waals surface area contributed by atoms with Gasteiger partial charge in [0.05, 0.1) is 12.7 Å². The highest BCUT2D eigenvalue weighted by Gasteiger charge is 2.24. The van der Waals surface area contributed by atoms with Gasteiger partial charge in [0, 0.05) is 5.56 Å². The minimum atomic E-state index is -1.25. The van der Waals surface area contributed by atoms with E-state index in [2.05, 4.69) is 4.74 Å². The number of esters is 1. The lowest BCUT2D eigenvalue weighted by atomic mass is 10.1. The van der Waals surface area contributed by atoms with Crippen LogP contribution >= 0.6 is 34.8 Å². The molecule has 0 aliphatic heterocycles. The van der Waals surface area contributed by atoms with E-state index in [1.54, 1.807) is 0 Å². The van der Waals surface area contributed by atoms with E-state index in [-0.39, 0.29) is 11.1 Å². The van der Waals surface area contributed by atoms with Gasteiger partial charge < -0.3 is 9.47 Å². The fourth-order valence-electron chi connectivity index (χ4n) is 1.82. The first-order valence-electron chi connectivity index (χ1n) is 6.29. The molecule has 9 heteroatoms. The molecule has 0 aliphatic carbocycles. The Kier molecular flexibility index (Phi) is 5.85. The van der Waals surface area contributed by atoms with Gasteiger partial charge in [-0.15, -0.1) is 0 Å². The van der Waals surface area contributed by atoms with Crippen molar-refractivity contribution in [1.29, 1.82) is 0 Å². The van der Waals surface area contributed by atoms with Crippen molar-refractivity contribution in [2.24, 2.45) is 0 Å². The number of rotatable bonds is 4. The average molecular weight is 400 g/mol. The molecule has 0 amide bonds. The molecule has 0 radical (unpaired) electrons. The van der Waals surface area contributed by atoms with E-state index < -0.39 is 50.8 Å². The number of halogens is 6. The predicted molar refractivity (Wildman–Crippen MR) is 83.5 cm³/mol. The Morgan fingerprint density at radius 2 is 1.58 bits per heavy atom. The van der Waals surface area contributed by atoms with Crippen molar-refractivity contribution >= 4 is 40.8 Å². The van der Waals surface area contributed by atoms with E-state index in [1.165, 1.54) is 18.2 Å². The van der Waals surface area contributed by atoms with Crippen molar-refractivity contribution in [3.8, 4) is 5.75 Å². The first-order valence-corrected chi connectivity index (χ1v) is 7.42. The molecule has 2 rings (SSSR count). The number of carbonyl (C=O) groups is 1. The van der Waals surface area contributed by atoms with E-state index in [0.717, 1.165) is 7.11 Å². The molecule has 0 N–H and O–H groups in total. The van der Waals surface area contributed by atoms with Crippen LogP contribution < -0.4 is 4.74 Å². The van der Waals surface area contributed by atoms with Crippen molar-refractivity contribution in [3.63, 3.8) is 0 Å². The summed E-state index contributed by atoms with van der Waals surface area (Å²) in [4.78, 5) is 11.4. The molecule has 0 saturated heterocycles. The zero-order valence-electron chi connectivity index (χ0n) is 11.9. The summed E-state index contributed by atoms with van der Waals surface area (Å²) in [6, 6.07) is 3.92. The quantitative estimate of drug-likeness (QED) is 0.391. The van der Waals surface area contributed by atoms with Crippen LogP contribution in [0.25, 0.3) is 0 Å². The van der Waals surface area contributed by atoms with E-state index in [4.69, 9.17) is 39.5 Å². The van der Waals surface area contributed by atoms with Crippen LogP contribution in [0.3, 0.4) is 0 Å². The highest BCUT2D eigenvalue weighted by atomic mass is 35.5. The molecule has 2 aromatic rings. The summed E-state index contributed by atoms with van der Waals surface area (Å²) in [7, 11) is 1.10. The summed E-state index contributed by atoms with van der Waals surface area (Å²) in [5.74, 6) is -4.81. The van der Waals surface area contributed by atoms with Crippen LogP contribution in [-0.2, 0) is 11.3 Å². The molecule has 24 heavy (non-hydrogen) atoms. The van der Waals surface area contributed by atoms with Crippen LogP contribution in [0, 0.1) is 17.5 Å². The second kappa shape index (κ2) is 7.51. The number of methoxy groups -OCH3 is 1. The van der Waals surface area contributed by atoms with E-state index >= 15 is 0 Å². The van der Waals surface area contributed by atoms with Gasteiger partial charge in [-0.25, -0.2) is 18.0 Å². The lowest BCUT2D eigenvalue weighted by Gasteiger charge is -2.13.